The minimum Gasteiger partial charge on any atom is -0.457 e. The second-order valence-corrected chi connectivity index (χ2v) is 7.27. The Labute approximate surface area is 165 Å². The zero-order chi connectivity index (χ0) is 20.6. The van der Waals surface area contributed by atoms with Crippen LogP contribution in [0.4, 0.5) is 4.39 Å². The minimum atomic E-state index is -2.87. The number of ether oxygens (including phenoxy) is 1. The summed E-state index contributed by atoms with van der Waals surface area (Å²) in [5.74, 6) is 2.51. The minimum absolute atomic E-state index is 0.459. The van der Waals surface area contributed by atoms with Gasteiger partial charge in [-0.15, -0.1) is 0 Å². The van der Waals surface area contributed by atoms with E-state index in [1.807, 2.05) is 36.4 Å². The Balaban J connectivity index is 2.27. The molecule has 144 valence electrons. The van der Waals surface area contributed by atoms with Crippen LogP contribution in [-0.2, 0) is 14.3 Å². The highest BCUT2D eigenvalue weighted by atomic mass is 19.1. The number of hydrogen-bond donors (Lipinski definition) is 0. The van der Waals surface area contributed by atoms with Crippen molar-refractivity contribution in [3.05, 3.63) is 77.9 Å². The van der Waals surface area contributed by atoms with Gasteiger partial charge in [0.05, 0.1) is 0 Å². The molecule has 0 heterocycles. The van der Waals surface area contributed by atoms with Gasteiger partial charge in [0.1, 0.15) is 5.60 Å². The van der Waals surface area contributed by atoms with Crippen molar-refractivity contribution < 1.29 is 18.7 Å². The Hall–Kier alpha value is -3.19. The van der Waals surface area contributed by atoms with E-state index in [4.69, 9.17) is 4.74 Å². The van der Waals surface area contributed by atoms with E-state index in [1.54, 1.807) is 51.1 Å². The summed E-state index contributed by atoms with van der Waals surface area (Å²) < 4.78 is 20.7. The first-order valence-corrected chi connectivity index (χ1v) is 8.96. The normalized spacial score (nSPS) is 13.3. The molecule has 0 aromatic heterocycles. The lowest BCUT2D eigenvalue weighted by molar-refractivity contribution is -0.171. The summed E-state index contributed by atoms with van der Waals surface area (Å²) in [5.41, 5.74) is -2.41. The van der Waals surface area contributed by atoms with Gasteiger partial charge >= 0.3 is 5.97 Å². The quantitative estimate of drug-likeness (QED) is 0.428. The van der Waals surface area contributed by atoms with Crippen LogP contribution in [0.5, 0.6) is 0 Å². The maximum absolute atomic E-state index is 15.5. The number of allylic oxidation sites excluding steroid dienone is 1. The number of halogens is 1. The van der Waals surface area contributed by atoms with Crippen LogP contribution in [0.3, 0.4) is 0 Å². The number of ketones is 1. The van der Waals surface area contributed by atoms with Crippen LogP contribution >= 0.6 is 0 Å². The summed E-state index contributed by atoms with van der Waals surface area (Å²) in [6.07, 6.45) is 2.64. The fraction of sp³-hybridized carbons (Fsp3) is 0.250. The van der Waals surface area contributed by atoms with Crippen molar-refractivity contribution in [1.29, 1.82) is 0 Å². The highest BCUT2D eigenvalue weighted by molar-refractivity contribution is 6.15. The summed E-state index contributed by atoms with van der Waals surface area (Å²) in [5, 5.41) is 0. The molecule has 0 aliphatic rings. The predicted octanol–water partition coefficient (Wildman–Crippen LogP) is 4.76. The number of rotatable bonds is 5. The smallest absolute Gasteiger partial charge is 0.353 e. The molecule has 0 aliphatic heterocycles. The van der Waals surface area contributed by atoms with E-state index in [1.165, 1.54) is 6.08 Å². The first kappa shape index (κ1) is 21.1. The van der Waals surface area contributed by atoms with E-state index in [2.05, 4.69) is 11.8 Å². The summed E-state index contributed by atoms with van der Waals surface area (Å²) in [6, 6.07) is 17.9. The molecule has 0 N–H and O–H groups in total. The second kappa shape index (κ2) is 9.14. The van der Waals surface area contributed by atoms with Gasteiger partial charge in [0.2, 0.25) is 0 Å². The molecule has 28 heavy (non-hydrogen) atoms. The van der Waals surface area contributed by atoms with Crippen molar-refractivity contribution in [2.75, 3.05) is 0 Å². The van der Waals surface area contributed by atoms with Crippen LogP contribution < -0.4 is 0 Å². The standard InChI is InChI=1S/C24H23FO3/c1-23(2,3)28-22(27)24(25,18-10-15-19-11-6-4-7-12-19)21(26)17-16-20-13-8-5-9-14-20/h4-15H,18H2,1-3H3/b15-10+. The van der Waals surface area contributed by atoms with E-state index >= 15 is 4.39 Å². The van der Waals surface area contributed by atoms with Gasteiger partial charge in [-0.3, -0.25) is 4.79 Å². The van der Waals surface area contributed by atoms with Crippen molar-refractivity contribution in [2.24, 2.45) is 0 Å². The number of alkyl halides is 1. The summed E-state index contributed by atoms with van der Waals surface area (Å²) in [4.78, 5) is 25.0. The second-order valence-electron chi connectivity index (χ2n) is 7.27. The molecule has 1 atom stereocenters. The average Bonchev–Trinajstić information content (AvgIpc) is 2.66. The molecule has 0 amide bonds. The van der Waals surface area contributed by atoms with Gasteiger partial charge in [-0.25, -0.2) is 9.18 Å². The predicted molar refractivity (Wildman–Crippen MR) is 108 cm³/mol. The Kier molecular flexibility index (Phi) is 6.89. The molecule has 0 fully saturated rings. The molecule has 1 unspecified atom stereocenters. The van der Waals surface area contributed by atoms with Crippen LogP contribution in [0.1, 0.15) is 38.3 Å². The summed E-state index contributed by atoms with van der Waals surface area (Å²) in [6.45, 7) is 4.85. The molecule has 0 saturated heterocycles. The number of benzene rings is 2. The molecular weight excluding hydrogens is 355 g/mol. The largest absolute Gasteiger partial charge is 0.457 e. The maximum Gasteiger partial charge on any atom is 0.353 e. The fourth-order valence-corrected chi connectivity index (χ4v) is 2.30. The fourth-order valence-electron chi connectivity index (χ4n) is 2.30. The van der Waals surface area contributed by atoms with Crippen molar-refractivity contribution >= 4 is 17.8 Å². The van der Waals surface area contributed by atoms with Crippen molar-refractivity contribution in [3.8, 4) is 11.8 Å². The monoisotopic (exact) mass is 378 g/mol. The number of esters is 1. The van der Waals surface area contributed by atoms with Gasteiger partial charge in [0, 0.05) is 12.0 Å². The molecule has 0 saturated carbocycles. The van der Waals surface area contributed by atoms with Crippen LogP contribution in [0.2, 0.25) is 0 Å². The molecule has 0 spiro atoms. The summed E-state index contributed by atoms with van der Waals surface area (Å²) >= 11 is 0. The zero-order valence-electron chi connectivity index (χ0n) is 16.2. The van der Waals surface area contributed by atoms with Gasteiger partial charge in [-0.05, 0) is 44.4 Å². The van der Waals surface area contributed by atoms with E-state index < -0.39 is 29.4 Å². The SMILES string of the molecule is CC(C)(C)OC(=O)C(F)(C/C=C/c1ccccc1)C(=O)C#Cc1ccccc1. The maximum atomic E-state index is 15.5. The molecular formula is C24H23FO3. The van der Waals surface area contributed by atoms with Gasteiger partial charge in [0.25, 0.3) is 11.5 Å². The molecule has 2 rings (SSSR count). The van der Waals surface area contributed by atoms with Gasteiger partial charge in [0.15, 0.2) is 0 Å². The summed E-state index contributed by atoms with van der Waals surface area (Å²) in [7, 11) is 0. The Bertz CT molecular complexity index is 900. The van der Waals surface area contributed by atoms with E-state index in [9.17, 15) is 9.59 Å². The molecule has 2 aromatic carbocycles. The van der Waals surface area contributed by atoms with Crippen molar-refractivity contribution in [1.82, 2.24) is 0 Å². The molecule has 0 aliphatic carbocycles. The Morgan fingerprint density at radius 2 is 1.57 bits per heavy atom. The van der Waals surface area contributed by atoms with Gasteiger partial charge in [-0.1, -0.05) is 66.6 Å². The topological polar surface area (TPSA) is 43.4 Å². The molecule has 2 aromatic rings. The van der Waals surface area contributed by atoms with Crippen LogP contribution in [0.15, 0.2) is 66.7 Å². The number of hydrogen-bond acceptors (Lipinski definition) is 3. The highest BCUT2D eigenvalue weighted by Crippen LogP contribution is 2.24. The third kappa shape index (κ3) is 6.21. The van der Waals surface area contributed by atoms with E-state index in [0.29, 0.717) is 5.56 Å². The number of carbonyl (C=O) groups is 2. The third-order valence-corrected chi connectivity index (χ3v) is 3.69. The van der Waals surface area contributed by atoms with Crippen LogP contribution in [0.25, 0.3) is 6.08 Å². The lowest BCUT2D eigenvalue weighted by Gasteiger charge is -2.25. The highest BCUT2D eigenvalue weighted by Gasteiger charge is 2.47. The van der Waals surface area contributed by atoms with Crippen LogP contribution in [0, 0.1) is 11.8 Å². The zero-order valence-corrected chi connectivity index (χ0v) is 16.2. The van der Waals surface area contributed by atoms with Crippen LogP contribution in [-0.4, -0.2) is 23.0 Å². The Morgan fingerprint density at radius 3 is 2.14 bits per heavy atom. The van der Waals surface area contributed by atoms with Crippen molar-refractivity contribution in [3.63, 3.8) is 0 Å². The average molecular weight is 378 g/mol. The Morgan fingerprint density at radius 1 is 1.00 bits per heavy atom. The van der Waals surface area contributed by atoms with E-state index in [-0.39, 0.29) is 0 Å². The lowest BCUT2D eigenvalue weighted by Crippen LogP contribution is -2.45. The third-order valence-electron chi connectivity index (χ3n) is 3.69. The van der Waals surface area contributed by atoms with Crippen molar-refractivity contribution in [2.45, 2.75) is 38.5 Å². The first-order valence-electron chi connectivity index (χ1n) is 8.96. The lowest BCUT2D eigenvalue weighted by atomic mass is 9.95. The number of carbonyl (C=O) groups excluding carboxylic acids is 2. The number of Topliss-reactive ketones (excluding diaryl/α,β-unsaturated/α-hetero) is 1. The molecule has 3 nitrogen and oxygen atoms in total. The van der Waals surface area contributed by atoms with Gasteiger partial charge in [-0.2, -0.15) is 0 Å². The first-order chi connectivity index (χ1) is 13.2. The molecule has 0 bridgehead atoms. The molecule has 0 radical (unpaired) electrons. The van der Waals surface area contributed by atoms with Gasteiger partial charge < -0.3 is 4.74 Å². The molecule has 4 heteroatoms. The van der Waals surface area contributed by atoms with E-state index in [0.717, 1.165) is 5.56 Å².